The fourth-order valence-electron chi connectivity index (χ4n) is 1.14. The topological polar surface area (TPSA) is 59.9 Å². The van der Waals surface area contributed by atoms with E-state index in [0.717, 1.165) is 4.47 Å². The fraction of sp³-hybridized carbons (Fsp3) is 0.100. The van der Waals surface area contributed by atoms with Gasteiger partial charge in [0.25, 0.3) is 0 Å². The second-order valence-electron chi connectivity index (χ2n) is 3.14. The van der Waals surface area contributed by atoms with Crippen molar-refractivity contribution in [2.75, 3.05) is 12.4 Å². The molecular formula is C10H7BrCl2N4O. The molecule has 2 rings (SSSR count). The molecule has 0 unspecified atom stereocenters. The highest BCUT2D eigenvalue weighted by Gasteiger charge is 2.09. The second-order valence-corrected chi connectivity index (χ2v) is 4.80. The monoisotopic (exact) mass is 348 g/mol. The van der Waals surface area contributed by atoms with E-state index in [9.17, 15) is 0 Å². The van der Waals surface area contributed by atoms with Gasteiger partial charge in [0.15, 0.2) is 5.75 Å². The van der Waals surface area contributed by atoms with E-state index in [4.69, 9.17) is 27.9 Å². The van der Waals surface area contributed by atoms with Crippen molar-refractivity contribution in [1.29, 1.82) is 0 Å². The number of benzene rings is 1. The van der Waals surface area contributed by atoms with E-state index in [1.807, 2.05) is 0 Å². The number of anilines is 1. The van der Waals surface area contributed by atoms with Gasteiger partial charge in [-0.15, -0.1) is 0 Å². The van der Waals surface area contributed by atoms with Gasteiger partial charge >= 0.3 is 6.01 Å². The Hall–Kier alpha value is -1.11. The summed E-state index contributed by atoms with van der Waals surface area (Å²) in [5.74, 6) is 0.742. The van der Waals surface area contributed by atoms with Gasteiger partial charge in [-0.1, -0.05) is 27.5 Å². The highest BCUT2D eigenvalue weighted by molar-refractivity contribution is 9.10. The van der Waals surface area contributed by atoms with Crippen LogP contribution in [0.1, 0.15) is 0 Å². The van der Waals surface area contributed by atoms with Gasteiger partial charge in [0.1, 0.15) is 0 Å². The molecular weight excluding hydrogens is 343 g/mol. The first-order valence-electron chi connectivity index (χ1n) is 4.80. The van der Waals surface area contributed by atoms with Crippen LogP contribution in [0.25, 0.3) is 0 Å². The zero-order valence-corrected chi connectivity index (χ0v) is 12.2. The number of rotatable bonds is 3. The molecule has 8 heteroatoms. The van der Waals surface area contributed by atoms with E-state index in [-0.39, 0.29) is 11.3 Å². The molecule has 0 saturated carbocycles. The smallest absolute Gasteiger partial charge is 0.328 e. The maximum Gasteiger partial charge on any atom is 0.328 e. The molecule has 1 aromatic carbocycles. The summed E-state index contributed by atoms with van der Waals surface area (Å²) in [5, 5.41) is 3.23. The Labute approximate surface area is 122 Å². The third-order valence-electron chi connectivity index (χ3n) is 1.91. The molecule has 0 radical (unpaired) electrons. The van der Waals surface area contributed by atoms with Crippen LogP contribution >= 0.6 is 39.1 Å². The van der Waals surface area contributed by atoms with Crippen molar-refractivity contribution in [3.8, 4) is 11.8 Å². The highest BCUT2D eigenvalue weighted by Crippen LogP contribution is 2.31. The summed E-state index contributed by atoms with van der Waals surface area (Å²) in [6.07, 6.45) is 0. The van der Waals surface area contributed by atoms with Crippen LogP contribution in [0.2, 0.25) is 10.3 Å². The van der Waals surface area contributed by atoms with E-state index in [2.05, 4.69) is 36.2 Å². The fourth-order valence-corrected chi connectivity index (χ4v) is 1.79. The van der Waals surface area contributed by atoms with Crippen LogP contribution < -0.4 is 10.1 Å². The molecule has 5 nitrogen and oxygen atoms in total. The molecule has 94 valence electrons. The molecule has 18 heavy (non-hydrogen) atoms. The molecule has 1 N–H and O–H groups in total. The normalized spacial score (nSPS) is 10.2. The predicted octanol–water partition coefficient (Wildman–Crippen LogP) is 3.77. The average molecular weight is 350 g/mol. The molecule has 0 spiro atoms. The zero-order valence-electron chi connectivity index (χ0n) is 9.12. The van der Waals surface area contributed by atoms with Gasteiger partial charge < -0.3 is 10.1 Å². The summed E-state index contributed by atoms with van der Waals surface area (Å²) in [6.45, 7) is 0. The van der Waals surface area contributed by atoms with E-state index in [0.29, 0.717) is 16.7 Å². The van der Waals surface area contributed by atoms with Crippen molar-refractivity contribution < 1.29 is 4.74 Å². The molecule has 0 fully saturated rings. The number of nitrogens with one attached hydrogen (secondary N) is 1. The summed E-state index contributed by atoms with van der Waals surface area (Å²) < 4.78 is 6.29. The summed E-state index contributed by atoms with van der Waals surface area (Å²) in [5.41, 5.74) is 0. The zero-order chi connectivity index (χ0) is 13.1. The SMILES string of the molecule is CNc1nc(Cl)nc(Oc2cc(Br)ccc2Cl)n1. The number of nitrogens with zero attached hydrogens (tertiary/aromatic N) is 3. The van der Waals surface area contributed by atoms with Crippen LogP contribution in [-0.4, -0.2) is 22.0 Å². The minimum atomic E-state index is 0.0375. The Kier molecular flexibility index (Phi) is 4.21. The number of ether oxygens (including phenoxy) is 1. The first-order chi connectivity index (χ1) is 8.58. The molecule has 0 aliphatic heterocycles. The van der Waals surface area contributed by atoms with Crippen molar-refractivity contribution in [1.82, 2.24) is 15.0 Å². The van der Waals surface area contributed by atoms with Gasteiger partial charge in [-0.2, -0.15) is 15.0 Å². The van der Waals surface area contributed by atoms with Gasteiger partial charge in [-0.3, -0.25) is 0 Å². The van der Waals surface area contributed by atoms with Crippen molar-refractivity contribution in [3.05, 3.63) is 33.0 Å². The average Bonchev–Trinajstić information content (AvgIpc) is 2.33. The highest BCUT2D eigenvalue weighted by atomic mass is 79.9. The number of halogens is 3. The maximum absolute atomic E-state index is 5.99. The molecule has 1 heterocycles. The Morgan fingerprint density at radius 2 is 2.00 bits per heavy atom. The van der Waals surface area contributed by atoms with E-state index >= 15 is 0 Å². The van der Waals surface area contributed by atoms with Crippen molar-refractivity contribution in [2.45, 2.75) is 0 Å². The van der Waals surface area contributed by atoms with Crippen molar-refractivity contribution >= 4 is 45.1 Å². The van der Waals surface area contributed by atoms with E-state index < -0.39 is 0 Å². The second kappa shape index (κ2) is 5.69. The van der Waals surface area contributed by atoms with E-state index in [1.54, 1.807) is 25.2 Å². The lowest BCUT2D eigenvalue weighted by molar-refractivity contribution is 0.440. The number of hydrogen-bond acceptors (Lipinski definition) is 5. The largest absolute Gasteiger partial charge is 0.423 e. The Balaban J connectivity index is 2.33. The lowest BCUT2D eigenvalue weighted by Crippen LogP contribution is -2.01. The summed E-state index contributed by atoms with van der Waals surface area (Å²) in [6, 6.07) is 5.27. The van der Waals surface area contributed by atoms with Gasteiger partial charge in [0.05, 0.1) is 5.02 Å². The molecule has 0 saturated heterocycles. The predicted molar refractivity (Wildman–Crippen MR) is 73.6 cm³/mol. The van der Waals surface area contributed by atoms with Gasteiger partial charge in [0.2, 0.25) is 11.2 Å². The molecule has 2 aromatic rings. The van der Waals surface area contributed by atoms with Crippen LogP contribution in [0, 0.1) is 0 Å². The van der Waals surface area contributed by atoms with Crippen molar-refractivity contribution in [3.63, 3.8) is 0 Å². The minimum Gasteiger partial charge on any atom is -0.423 e. The molecule has 0 amide bonds. The first-order valence-corrected chi connectivity index (χ1v) is 6.35. The summed E-state index contributed by atoms with van der Waals surface area (Å²) >= 11 is 15.1. The van der Waals surface area contributed by atoms with Crippen LogP contribution in [0.4, 0.5) is 5.95 Å². The molecule has 0 atom stereocenters. The van der Waals surface area contributed by atoms with Gasteiger partial charge in [0, 0.05) is 11.5 Å². The van der Waals surface area contributed by atoms with Gasteiger partial charge in [-0.05, 0) is 29.8 Å². The third kappa shape index (κ3) is 3.22. The maximum atomic E-state index is 5.99. The molecule has 0 aliphatic rings. The van der Waals surface area contributed by atoms with Crippen LogP contribution in [0.3, 0.4) is 0 Å². The summed E-state index contributed by atoms with van der Waals surface area (Å²) in [4.78, 5) is 11.7. The van der Waals surface area contributed by atoms with Crippen LogP contribution in [0.15, 0.2) is 22.7 Å². The number of hydrogen-bond donors (Lipinski definition) is 1. The summed E-state index contributed by atoms with van der Waals surface area (Å²) in [7, 11) is 1.67. The first kappa shape index (κ1) is 13.3. The van der Waals surface area contributed by atoms with Gasteiger partial charge in [-0.25, -0.2) is 0 Å². The Morgan fingerprint density at radius 3 is 2.72 bits per heavy atom. The lowest BCUT2D eigenvalue weighted by Gasteiger charge is -2.07. The molecule has 1 aromatic heterocycles. The minimum absolute atomic E-state index is 0.0375. The molecule has 0 aliphatic carbocycles. The molecule has 0 bridgehead atoms. The Morgan fingerprint density at radius 1 is 1.22 bits per heavy atom. The van der Waals surface area contributed by atoms with Crippen molar-refractivity contribution in [2.24, 2.45) is 0 Å². The van der Waals surface area contributed by atoms with Crippen LogP contribution in [0.5, 0.6) is 11.8 Å². The van der Waals surface area contributed by atoms with Crippen LogP contribution in [-0.2, 0) is 0 Å². The van der Waals surface area contributed by atoms with E-state index in [1.165, 1.54) is 0 Å². The third-order valence-corrected chi connectivity index (χ3v) is 2.88. The quantitative estimate of drug-likeness (QED) is 0.913. The standard InChI is InChI=1S/C10H7BrCl2N4O/c1-14-9-15-8(13)16-10(17-9)18-7-4-5(11)2-3-6(7)12/h2-4H,1H3,(H,14,15,16,17). The Bertz CT molecular complexity index is 582. The number of aromatic nitrogens is 3. The lowest BCUT2D eigenvalue weighted by atomic mass is 10.3.